The first-order chi connectivity index (χ1) is 10.7. The Morgan fingerprint density at radius 3 is 2.05 bits per heavy atom. The van der Waals surface area contributed by atoms with Crippen molar-refractivity contribution in [1.82, 2.24) is 0 Å². The number of hydrogen-bond acceptors (Lipinski definition) is 2. The van der Waals surface area contributed by atoms with Crippen molar-refractivity contribution in [3.8, 4) is 0 Å². The highest BCUT2D eigenvalue weighted by molar-refractivity contribution is 5.87. The third-order valence-electron chi connectivity index (χ3n) is 4.97. The zero-order chi connectivity index (χ0) is 15.5. The van der Waals surface area contributed by atoms with E-state index in [1.54, 1.807) is 0 Å². The highest BCUT2D eigenvalue weighted by atomic mass is 16.4. The molecule has 0 bridgehead atoms. The Morgan fingerprint density at radius 1 is 0.955 bits per heavy atom. The van der Waals surface area contributed by atoms with Crippen LogP contribution in [-0.4, -0.2) is 18.0 Å². The summed E-state index contributed by atoms with van der Waals surface area (Å²) in [5, 5.41) is 13.1. The van der Waals surface area contributed by atoms with Crippen LogP contribution < -0.4 is 4.90 Å². The van der Waals surface area contributed by atoms with Crippen LogP contribution in [0.3, 0.4) is 0 Å². The summed E-state index contributed by atoms with van der Waals surface area (Å²) in [6, 6.07) is 21.7. The standard InChI is InChI=1S/C19H22N2O/c1-14-17(20-22)13-18(15-9-5-3-6-10-15)21(2)19(14)16-11-7-4-8-12-16/h3-12,14,18-19,22H,13H2,1-2H3/p+1/t14-,18+,19-/m1/s1. The van der Waals surface area contributed by atoms with Crippen molar-refractivity contribution < 1.29 is 10.1 Å². The number of quaternary nitrogens is 1. The second-order valence-electron chi connectivity index (χ2n) is 6.18. The highest BCUT2D eigenvalue weighted by Gasteiger charge is 2.42. The van der Waals surface area contributed by atoms with Crippen LogP contribution in [0.2, 0.25) is 0 Å². The van der Waals surface area contributed by atoms with Crippen molar-refractivity contribution in [2.24, 2.45) is 11.1 Å². The Hall–Kier alpha value is -2.13. The van der Waals surface area contributed by atoms with Gasteiger partial charge in [0.15, 0.2) is 0 Å². The summed E-state index contributed by atoms with van der Waals surface area (Å²) in [6.07, 6.45) is 0.802. The maximum atomic E-state index is 9.46. The topological polar surface area (TPSA) is 37.0 Å². The summed E-state index contributed by atoms with van der Waals surface area (Å²) in [7, 11) is 2.25. The molecule has 1 aliphatic heterocycles. The van der Waals surface area contributed by atoms with E-state index in [2.05, 4.69) is 67.7 Å². The van der Waals surface area contributed by atoms with E-state index < -0.39 is 0 Å². The van der Waals surface area contributed by atoms with E-state index in [-0.39, 0.29) is 5.92 Å². The predicted octanol–water partition coefficient (Wildman–Crippen LogP) is 2.85. The van der Waals surface area contributed by atoms with Crippen molar-refractivity contribution >= 4 is 5.71 Å². The van der Waals surface area contributed by atoms with Gasteiger partial charge in [0.1, 0.15) is 12.1 Å². The molecule has 1 aliphatic rings. The molecule has 0 aromatic heterocycles. The summed E-state index contributed by atoms with van der Waals surface area (Å²) >= 11 is 0. The minimum atomic E-state index is 0.229. The lowest BCUT2D eigenvalue weighted by Crippen LogP contribution is -3.11. The van der Waals surface area contributed by atoms with Crippen LogP contribution in [0.5, 0.6) is 0 Å². The van der Waals surface area contributed by atoms with Crippen LogP contribution in [-0.2, 0) is 0 Å². The van der Waals surface area contributed by atoms with Crippen molar-refractivity contribution in [2.45, 2.75) is 25.4 Å². The lowest BCUT2D eigenvalue weighted by Gasteiger charge is -2.41. The van der Waals surface area contributed by atoms with Crippen molar-refractivity contribution in [3.05, 3.63) is 71.8 Å². The largest absolute Gasteiger partial charge is 0.411 e. The molecule has 0 radical (unpaired) electrons. The number of likely N-dealkylation sites (tertiary alicyclic amines) is 1. The van der Waals surface area contributed by atoms with E-state index in [0.717, 1.165) is 12.1 Å². The Bertz CT molecular complexity index is 639. The summed E-state index contributed by atoms with van der Waals surface area (Å²) < 4.78 is 0. The van der Waals surface area contributed by atoms with Crippen molar-refractivity contribution in [1.29, 1.82) is 0 Å². The third-order valence-corrected chi connectivity index (χ3v) is 4.97. The zero-order valence-electron chi connectivity index (χ0n) is 13.1. The van der Waals surface area contributed by atoms with Gasteiger partial charge in [0.05, 0.1) is 18.7 Å². The maximum absolute atomic E-state index is 9.46. The van der Waals surface area contributed by atoms with E-state index in [9.17, 15) is 5.21 Å². The van der Waals surface area contributed by atoms with E-state index >= 15 is 0 Å². The van der Waals surface area contributed by atoms with Gasteiger partial charge in [-0.3, -0.25) is 0 Å². The smallest absolute Gasteiger partial charge is 0.121 e. The molecule has 1 unspecified atom stereocenters. The Balaban J connectivity index is 2.01. The second-order valence-corrected chi connectivity index (χ2v) is 6.18. The molecule has 1 fully saturated rings. The number of oxime groups is 1. The molecular weight excluding hydrogens is 272 g/mol. The quantitative estimate of drug-likeness (QED) is 0.649. The van der Waals surface area contributed by atoms with Crippen LogP contribution in [0.1, 0.15) is 36.6 Å². The molecule has 0 aliphatic carbocycles. The van der Waals surface area contributed by atoms with Gasteiger partial charge in [-0.1, -0.05) is 72.7 Å². The van der Waals surface area contributed by atoms with Gasteiger partial charge in [0.2, 0.25) is 0 Å². The molecule has 0 saturated carbocycles. The van der Waals surface area contributed by atoms with Gasteiger partial charge in [-0.05, 0) is 0 Å². The first kappa shape index (κ1) is 14.8. The summed E-state index contributed by atoms with van der Waals surface area (Å²) in [5.41, 5.74) is 3.50. The summed E-state index contributed by atoms with van der Waals surface area (Å²) in [5.74, 6) is 0.229. The van der Waals surface area contributed by atoms with Crippen LogP contribution in [0, 0.1) is 5.92 Å². The molecule has 2 N–H and O–H groups in total. The first-order valence-corrected chi connectivity index (χ1v) is 7.86. The highest BCUT2D eigenvalue weighted by Crippen LogP contribution is 2.30. The number of rotatable bonds is 2. The minimum Gasteiger partial charge on any atom is -0.411 e. The Labute approximate surface area is 131 Å². The molecule has 3 rings (SSSR count). The Kier molecular flexibility index (Phi) is 4.25. The number of nitrogens with zero attached hydrogens (tertiary/aromatic N) is 1. The van der Waals surface area contributed by atoms with E-state index in [0.29, 0.717) is 12.1 Å². The van der Waals surface area contributed by atoms with Gasteiger partial charge in [0.25, 0.3) is 0 Å². The monoisotopic (exact) mass is 295 g/mol. The average Bonchev–Trinajstić information content (AvgIpc) is 2.57. The molecule has 4 atom stereocenters. The SMILES string of the molecule is C[C@@H]1C(=NO)C[C@@H](c2ccccc2)[NH+](C)[C@H]1c1ccccc1. The average molecular weight is 295 g/mol. The first-order valence-electron chi connectivity index (χ1n) is 7.86. The molecule has 3 heteroatoms. The molecule has 2 aromatic rings. The molecule has 0 spiro atoms. The van der Waals surface area contributed by atoms with Gasteiger partial charge in [-0.15, -0.1) is 0 Å². The van der Waals surface area contributed by atoms with Crippen LogP contribution in [0.25, 0.3) is 0 Å². The molecule has 3 nitrogen and oxygen atoms in total. The number of hydrogen-bond donors (Lipinski definition) is 2. The fourth-order valence-electron chi connectivity index (χ4n) is 3.77. The molecular formula is C19H23N2O+. The molecule has 1 heterocycles. The number of piperidine rings is 1. The predicted molar refractivity (Wildman–Crippen MR) is 88.3 cm³/mol. The van der Waals surface area contributed by atoms with Gasteiger partial charge < -0.3 is 10.1 Å². The van der Waals surface area contributed by atoms with Gasteiger partial charge in [-0.25, -0.2) is 0 Å². The molecule has 114 valence electrons. The van der Waals surface area contributed by atoms with E-state index in [1.807, 2.05) is 12.1 Å². The molecule has 1 saturated heterocycles. The fraction of sp³-hybridized carbons (Fsp3) is 0.316. The van der Waals surface area contributed by atoms with Crippen LogP contribution in [0.4, 0.5) is 0 Å². The fourth-order valence-corrected chi connectivity index (χ4v) is 3.77. The zero-order valence-corrected chi connectivity index (χ0v) is 13.1. The van der Waals surface area contributed by atoms with Crippen LogP contribution >= 0.6 is 0 Å². The number of nitrogens with one attached hydrogen (secondary N) is 1. The van der Waals surface area contributed by atoms with Gasteiger partial charge >= 0.3 is 0 Å². The second kappa shape index (κ2) is 6.32. The number of benzene rings is 2. The van der Waals surface area contributed by atoms with E-state index in [1.165, 1.54) is 16.0 Å². The normalized spacial score (nSPS) is 30.4. The third kappa shape index (κ3) is 2.64. The minimum absolute atomic E-state index is 0.229. The van der Waals surface area contributed by atoms with Crippen molar-refractivity contribution in [2.75, 3.05) is 7.05 Å². The maximum Gasteiger partial charge on any atom is 0.121 e. The van der Waals surface area contributed by atoms with E-state index in [4.69, 9.17) is 0 Å². The van der Waals surface area contributed by atoms with Gasteiger partial charge in [-0.2, -0.15) is 0 Å². The summed E-state index contributed by atoms with van der Waals surface area (Å²) in [6.45, 7) is 2.16. The lowest BCUT2D eigenvalue weighted by molar-refractivity contribution is -0.948. The van der Waals surface area contributed by atoms with Crippen LogP contribution in [0.15, 0.2) is 65.8 Å². The van der Waals surface area contributed by atoms with Gasteiger partial charge in [0, 0.05) is 17.5 Å². The Morgan fingerprint density at radius 2 is 1.50 bits per heavy atom. The molecule has 0 amide bonds. The molecule has 2 aromatic carbocycles. The summed E-state index contributed by atoms with van der Waals surface area (Å²) in [4.78, 5) is 1.46. The lowest BCUT2D eigenvalue weighted by atomic mass is 9.80. The molecule has 22 heavy (non-hydrogen) atoms. The van der Waals surface area contributed by atoms with Crippen molar-refractivity contribution in [3.63, 3.8) is 0 Å².